The molecule has 44 heavy (non-hydrogen) atoms. The molecule has 2 saturated carbocycles. The van der Waals surface area contributed by atoms with Crippen molar-refractivity contribution in [3.63, 3.8) is 0 Å². The first-order valence-corrected chi connectivity index (χ1v) is 18.6. The van der Waals surface area contributed by atoms with Crippen molar-refractivity contribution in [2.24, 2.45) is 11.8 Å². The second kappa shape index (κ2) is 14.7. The summed E-state index contributed by atoms with van der Waals surface area (Å²) in [7, 11) is -2.43. The van der Waals surface area contributed by atoms with Gasteiger partial charge in [-0.3, -0.25) is 13.2 Å². The predicted octanol–water partition coefficient (Wildman–Crippen LogP) is 9.09. The lowest BCUT2D eigenvalue weighted by Crippen LogP contribution is -2.51. The molecule has 0 amide bonds. The number of fused-ring (bicyclic) bond motifs is 1. The van der Waals surface area contributed by atoms with Crippen LogP contribution < -0.4 is 0 Å². The van der Waals surface area contributed by atoms with Gasteiger partial charge in [-0.25, -0.2) is 0 Å². The Bertz CT molecular complexity index is 1610. The Morgan fingerprint density at radius 3 is 1.66 bits per heavy atom. The Morgan fingerprint density at radius 2 is 1.16 bits per heavy atom. The van der Waals surface area contributed by atoms with Crippen molar-refractivity contribution in [1.82, 2.24) is 0 Å². The van der Waals surface area contributed by atoms with Crippen LogP contribution in [-0.4, -0.2) is 31.0 Å². The molecule has 230 valence electrons. The van der Waals surface area contributed by atoms with Crippen LogP contribution in [0.25, 0.3) is 0 Å². The summed E-state index contributed by atoms with van der Waals surface area (Å²) in [6, 6.07) is 33.4. The molecule has 0 aromatic heterocycles. The molecular weight excluding hydrogens is 627 g/mol. The number of Topliss-reactive ketones (excluding diaryl/α,β-unsaturated/α-hetero) is 1. The summed E-state index contributed by atoms with van der Waals surface area (Å²) in [4.78, 5) is 14.4. The SMILES string of the molecule is Cc1ccc(S(=O)C2C[C@H]3C(=O)CC(c4ccc(Cl)cc4)C(S(C)=O)[C@H]3CC2c2ccc(Cl)cc2)cc1.Cc1ccccc1. The van der Waals surface area contributed by atoms with Crippen LogP contribution >= 0.6 is 23.2 Å². The van der Waals surface area contributed by atoms with Crippen LogP contribution in [0.1, 0.15) is 53.4 Å². The molecule has 0 heterocycles. The van der Waals surface area contributed by atoms with Gasteiger partial charge in [-0.15, -0.1) is 0 Å². The number of aryl methyl sites for hydroxylation is 2. The number of carbonyl (C=O) groups is 1. The molecule has 8 atom stereocenters. The molecule has 4 aromatic carbocycles. The minimum Gasteiger partial charge on any atom is -0.299 e. The molecule has 3 nitrogen and oxygen atoms in total. The second-order valence-electron chi connectivity index (χ2n) is 12.0. The van der Waals surface area contributed by atoms with Gasteiger partial charge >= 0.3 is 0 Å². The Labute approximate surface area is 276 Å². The zero-order valence-corrected chi connectivity index (χ0v) is 28.3. The summed E-state index contributed by atoms with van der Waals surface area (Å²) in [5.41, 5.74) is 4.50. The van der Waals surface area contributed by atoms with E-state index in [-0.39, 0.29) is 40.0 Å². The summed E-state index contributed by atoms with van der Waals surface area (Å²) in [5, 5.41) is 0.913. The minimum atomic E-state index is -1.29. The minimum absolute atomic E-state index is 0.0385. The van der Waals surface area contributed by atoms with Crippen molar-refractivity contribution in [2.45, 2.75) is 60.3 Å². The van der Waals surface area contributed by atoms with Gasteiger partial charge in [0.1, 0.15) is 5.78 Å². The summed E-state index contributed by atoms with van der Waals surface area (Å²) >= 11 is 12.3. The number of halogens is 2. The van der Waals surface area contributed by atoms with E-state index in [0.717, 1.165) is 21.6 Å². The maximum absolute atomic E-state index is 14.0. The number of rotatable bonds is 5. The molecule has 6 rings (SSSR count). The van der Waals surface area contributed by atoms with Gasteiger partial charge in [0.15, 0.2) is 0 Å². The Balaban J connectivity index is 0.000000484. The van der Waals surface area contributed by atoms with Crippen molar-refractivity contribution in [2.75, 3.05) is 6.26 Å². The number of carbonyl (C=O) groups excluding carboxylic acids is 1. The predicted molar refractivity (Wildman–Crippen MR) is 185 cm³/mol. The normalized spacial score (nSPS) is 26.1. The number of benzene rings is 4. The van der Waals surface area contributed by atoms with Gasteiger partial charge in [0, 0.05) is 60.8 Å². The number of ketones is 1. The fourth-order valence-electron chi connectivity index (χ4n) is 6.89. The van der Waals surface area contributed by atoms with Gasteiger partial charge in [-0.05, 0) is 86.1 Å². The van der Waals surface area contributed by atoms with Crippen molar-refractivity contribution in [1.29, 1.82) is 0 Å². The fraction of sp³-hybridized carbons (Fsp3) is 0.324. The van der Waals surface area contributed by atoms with E-state index < -0.39 is 21.6 Å². The van der Waals surface area contributed by atoms with Gasteiger partial charge in [0.2, 0.25) is 0 Å². The van der Waals surface area contributed by atoms with Crippen LogP contribution in [0.5, 0.6) is 0 Å². The van der Waals surface area contributed by atoms with Gasteiger partial charge in [-0.2, -0.15) is 0 Å². The van der Waals surface area contributed by atoms with E-state index >= 15 is 0 Å². The highest BCUT2D eigenvalue weighted by molar-refractivity contribution is 7.85. The van der Waals surface area contributed by atoms with Crippen molar-refractivity contribution in [3.05, 3.63) is 135 Å². The van der Waals surface area contributed by atoms with Crippen molar-refractivity contribution in [3.8, 4) is 0 Å². The lowest BCUT2D eigenvalue weighted by molar-refractivity contribution is -0.128. The highest BCUT2D eigenvalue weighted by Crippen LogP contribution is 2.52. The Morgan fingerprint density at radius 1 is 0.636 bits per heavy atom. The molecule has 2 fully saturated rings. The average molecular weight is 666 g/mol. The first-order valence-electron chi connectivity index (χ1n) is 15.0. The summed E-state index contributed by atoms with van der Waals surface area (Å²) < 4.78 is 27.2. The largest absolute Gasteiger partial charge is 0.299 e. The maximum Gasteiger partial charge on any atom is 0.136 e. The molecule has 6 unspecified atom stereocenters. The van der Waals surface area contributed by atoms with Crippen LogP contribution in [0.2, 0.25) is 10.0 Å². The topological polar surface area (TPSA) is 51.2 Å². The van der Waals surface area contributed by atoms with Gasteiger partial charge in [-0.1, -0.05) is 101 Å². The van der Waals surface area contributed by atoms with E-state index in [4.69, 9.17) is 23.2 Å². The third-order valence-corrected chi connectivity index (χ3v) is 12.8. The van der Waals surface area contributed by atoms with E-state index in [2.05, 4.69) is 19.1 Å². The van der Waals surface area contributed by atoms with Crippen LogP contribution in [0.4, 0.5) is 0 Å². The van der Waals surface area contributed by atoms with E-state index in [1.165, 1.54) is 5.56 Å². The highest BCUT2D eigenvalue weighted by atomic mass is 35.5. The lowest BCUT2D eigenvalue weighted by atomic mass is 9.62. The smallest absolute Gasteiger partial charge is 0.136 e. The first kappa shape index (κ1) is 32.8. The highest BCUT2D eigenvalue weighted by Gasteiger charge is 2.52. The van der Waals surface area contributed by atoms with E-state index in [1.807, 2.05) is 97.9 Å². The van der Waals surface area contributed by atoms with Crippen LogP contribution in [-0.2, 0) is 26.4 Å². The van der Waals surface area contributed by atoms with Gasteiger partial charge in [0.05, 0.1) is 10.8 Å². The van der Waals surface area contributed by atoms with Crippen LogP contribution in [0.3, 0.4) is 0 Å². The molecule has 4 aromatic rings. The molecule has 0 radical (unpaired) electrons. The third kappa shape index (κ3) is 7.62. The summed E-state index contributed by atoms with van der Waals surface area (Å²) in [6.45, 7) is 4.09. The fourth-order valence-corrected chi connectivity index (χ4v) is 10.4. The zero-order chi connectivity index (χ0) is 31.4. The lowest BCUT2D eigenvalue weighted by Gasteiger charge is -2.48. The zero-order valence-electron chi connectivity index (χ0n) is 25.2. The molecule has 0 aliphatic heterocycles. The number of hydrogen-bond donors (Lipinski definition) is 0. The van der Waals surface area contributed by atoms with Gasteiger partial charge < -0.3 is 0 Å². The molecule has 0 bridgehead atoms. The molecule has 2 aliphatic rings. The Kier molecular flexibility index (Phi) is 10.9. The van der Waals surface area contributed by atoms with Crippen molar-refractivity contribution < 1.29 is 13.2 Å². The van der Waals surface area contributed by atoms with E-state index in [1.54, 1.807) is 6.26 Å². The first-order chi connectivity index (χ1) is 21.1. The molecule has 0 spiro atoms. The van der Waals surface area contributed by atoms with Crippen molar-refractivity contribution >= 4 is 50.6 Å². The molecule has 2 aliphatic carbocycles. The van der Waals surface area contributed by atoms with Crippen LogP contribution in [0.15, 0.2) is 108 Å². The third-order valence-electron chi connectivity index (χ3n) is 9.08. The monoisotopic (exact) mass is 664 g/mol. The standard InChI is InChI=1S/C30H30Cl2O3S2.C7H8/c1-18-3-13-23(14-4-18)37(35)29-17-26-27(15-24(29)19-5-9-21(31)10-6-19)30(36(2)34)25(16-28(26)33)20-7-11-22(32)12-8-20;1-7-5-3-2-4-6-7/h3-14,24-27,29-30H,15-17H2,1-2H3;2-6H,1H3/t24?,25?,26-,27+,29?,30?,36?,37?;/m1./s1. The quantitative estimate of drug-likeness (QED) is 0.214. The second-order valence-corrected chi connectivity index (χ2v) is 16.1. The molecule has 0 N–H and O–H groups in total. The van der Waals surface area contributed by atoms with E-state index in [9.17, 15) is 13.2 Å². The van der Waals surface area contributed by atoms with Gasteiger partial charge in [0.25, 0.3) is 0 Å². The number of hydrogen-bond acceptors (Lipinski definition) is 3. The average Bonchev–Trinajstić information content (AvgIpc) is 3.02. The molecular formula is C37H38Cl2O3S2. The summed E-state index contributed by atoms with van der Waals surface area (Å²) in [5.74, 6) is -0.280. The van der Waals surface area contributed by atoms with Crippen LogP contribution in [0, 0.1) is 25.7 Å². The molecule has 0 saturated heterocycles. The Hall–Kier alpha value is -2.57. The van der Waals surface area contributed by atoms with E-state index in [0.29, 0.717) is 29.3 Å². The molecule has 7 heteroatoms. The maximum atomic E-state index is 14.0. The summed E-state index contributed by atoms with van der Waals surface area (Å²) in [6.07, 6.45) is 3.30.